The minimum Gasteiger partial charge on any atom is -0.379 e. The van der Waals surface area contributed by atoms with Gasteiger partial charge in [0.15, 0.2) is 10.3 Å². The average Bonchev–Trinajstić information content (AvgIpc) is 2.84. The molecule has 0 saturated carbocycles. The second-order valence-corrected chi connectivity index (χ2v) is 6.85. The Morgan fingerprint density at radius 3 is 1.44 bits per heavy atom. The second-order valence-electron chi connectivity index (χ2n) is 2.70. The highest BCUT2D eigenvalue weighted by Crippen LogP contribution is 2.13. The molecule has 10 N–H and O–H groups in total. The summed E-state index contributed by atoms with van der Waals surface area (Å²) < 4.78 is 35.5. The van der Waals surface area contributed by atoms with Crippen molar-refractivity contribution >= 4 is 72.7 Å². The quantitative estimate of drug-likeness (QED) is 0.139. The number of nitrogen functional groups attached to an aromatic ring is 1. The zero-order chi connectivity index (χ0) is 19.1. The van der Waals surface area contributed by atoms with E-state index in [0.29, 0.717) is 5.13 Å². The highest BCUT2D eigenvalue weighted by Gasteiger charge is 1.94. The van der Waals surface area contributed by atoms with E-state index in [2.05, 4.69) is 9.36 Å². The molecule has 0 atom stereocenters. The number of nitrogens with zero attached hydrogens (tertiary/aromatic N) is 2. The van der Waals surface area contributed by atoms with E-state index >= 15 is 0 Å². The molecular weight excluding hydrogens is 430 g/mol. The number of amidine groups is 2. The van der Waals surface area contributed by atoms with Crippen molar-refractivity contribution in [3.63, 3.8) is 0 Å². The minimum atomic E-state index is -4.67. The van der Waals surface area contributed by atoms with Gasteiger partial charge in [-0.15, -0.1) is 0 Å². The maximum absolute atomic E-state index is 8.74. The zero-order valence-corrected chi connectivity index (χ0v) is 16.5. The zero-order valence-electron chi connectivity index (χ0n) is 12.4. The van der Waals surface area contributed by atoms with Crippen LogP contribution in [0.5, 0.6) is 0 Å². The third-order valence-corrected chi connectivity index (χ3v) is 3.13. The standard InChI is InChI=1S/C3H5N3S2.2C2H6N2S.2CH4.H2O4S/c1-7-3-5-2(4)8-6-3;2*1-5-2(3)4;;;1-5(2,3)4/h1H3,(H2,4,5,6);2*1H3,(H3,3,4);2*1H4;(H2,1,2,3,4). The molecule has 0 bridgehead atoms. The molecule has 0 aliphatic heterocycles. The summed E-state index contributed by atoms with van der Waals surface area (Å²) in [6.45, 7) is 0. The highest BCUT2D eigenvalue weighted by atomic mass is 32.3. The largest absolute Gasteiger partial charge is 0.394 e. The van der Waals surface area contributed by atoms with E-state index in [0.717, 1.165) is 5.16 Å². The summed E-state index contributed by atoms with van der Waals surface area (Å²) in [5, 5.41) is 14.6. The number of aromatic nitrogens is 2. The highest BCUT2D eigenvalue weighted by molar-refractivity contribution is 8.13. The number of rotatable bonds is 1. The third kappa shape index (κ3) is 51.7. The Morgan fingerprint density at radius 2 is 1.36 bits per heavy atom. The summed E-state index contributed by atoms with van der Waals surface area (Å²) in [5.74, 6) is 0. The van der Waals surface area contributed by atoms with Crippen molar-refractivity contribution in [1.82, 2.24) is 9.36 Å². The van der Waals surface area contributed by atoms with E-state index < -0.39 is 10.4 Å². The Labute approximate surface area is 166 Å². The van der Waals surface area contributed by atoms with Gasteiger partial charge in [0.1, 0.15) is 0 Å². The fourth-order valence-corrected chi connectivity index (χ4v) is 1.30. The van der Waals surface area contributed by atoms with Crippen molar-refractivity contribution in [2.45, 2.75) is 20.0 Å². The first-order valence-corrected chi connectivity index (χ1v) is 10.8. The Bertz CT molecular complexity index is 530. The van der Waals surface area contributed by atoms with E-state index in [1.54, 1.807) is 12.5 Å². The number of hydrogen-bond donors (Lipinski definition) is 7. The molecule has 0 aromatic carbocycles. The van der Waals surface area contributed by atoms with Gasteiger partial charge in [-0.05, 0) is 18.8 Å². The van der Waals surface area contributed by atoms with Crippen LogP contribution < -0.4 is 17.2 Å². The predicted molar refractivity (Wildman–Crippen MR) is 115 cm³/mol. The molecule has 11 nitrogen and oxygen atoms in total. The van der Waals surface area contributed by atoms with Crippen molar-refractivity contribution < 1.29 is 17.5 Å². The van der Waals surface area contributed by atoms with Gasteiger partial charge in [0.05, 0.1) is 0 Å². The molecule has 0 amide bonds. The Morgan fingerprint density at radius 1 is 1.08 bits per heavy atom. The maximum atomic E-state index is 8.74. The molecule has 1 heterocycles. The molecule has 1 aromatic heterocycles. The summed E-state index contributed by atoms with van der Waals surface area (Å²) in [6, 6.07) is 0. The van der Waals surface area contributed by atoms with Gasteiger partial charge in [0.2, 0.25) is 10.3 Å². The van der Waals surface area contributed by atoms with Crippen LogP contribution in [0.4, 0.5) is 5.13 Å². The number of thioether (sulfide) groups is 3. The summed E-state index contributed by atoms with van der Waals surface area (Å²) in [6.07, 6.45) is 5.45. The second kappa shape index (κ2) is 21.3. The van der Waals surface area contributed by atoms with Crippen LogP contribution in [0.2, 0.25) is 0 Å². The Balaban J connectivity index is -0.0000000714. The smallest absolute Gasteiger partial charge is 0.379 e. The van der Waals surface area contributed by atoms with Crippen LogP contribution in [0.15, 0.2) is 5.16 Å². The molecular formula is C9H27N7O4S5. The predicted octanol–water partition coefficient (Wildman–Crippen LogP) is 1.95. The summed E-state index contributed by atoms with van der Waals surface area (Å²) in [5.41, 5.74) is 15.0. The van der Waals surface area contributed by atoms with Crippen LogP contribution in [0.1, 0.15) is 14.9 Å². The molecule has 152 valence electrons. The van der Waals surface area contributed by atoms with Gasteiger partial charge >= 0.3 is 10.4 Å². The topological polar surface area (TPSA) is 226 Å². The number of anilines is 1. The minimum absolute atomic E-state index is 0. The lowest BCUT2D eigenvalue weighted by atomic mass is 11.2. The van der Waals surface area contributed by atoms with Crippen molar-refractivity contribution in [1.29, 1.82) is 10.8 Å². The average molecular weight is 458 g/mol. The molecule has 0 aliphatic carbocycles. The van der Waals surface area contributed by atoms with Crippen molar-refractivity contribution in [2.24, 2.45) is 11.5 Å². The molecule has 0 radical (unpaired) electrons. The monoisotopic (exact) mass is 457 g/mol. The molecule has 25 heavy (non-hydrogen) atoms. The molecule has 0 saturated heterocycles. The van der Waals surface area contributed by atoms with E-state index in [9.17, 15) is 0 Å². The first-order chi connectivity index (χ1) is 10.4. The molecule has 16 heteroatoms. The van der Waals surface area contributed by atoms with Gasteiger partial charge in [-0.25, -0.2) is 0 Å². The SMILES string of the molecule is C.C.CSC(=N)N.CSC(=N)N.CSc1nsc(N)n1.O=S(=O)(O)O. The molecule has 0 spiro atoms. The molecule has 1 rings (SSSR count). The van der Waals surface area contributed by atoms with Crippen LogP contribution in [-0.2, 0) is 10.4 Å². The van der Waals surface area contributed by atoms with Gasteiger partial charge in [-0.3, -0.25) is 19.9 Å². The van der Waals surface area contributed by atoms with Crippen molar-refractivity contribution in [3.05, 3.63) is 0 Å². The van der Waals surface area contributed by atoms with E-state index in [1.807, 2.05) is 6.26 Å². The van der Waals surface area contributed by atoms with E-state index in [-0.39, 0.29) is 25.2 Å². The van der Waals surface area contributed by atoms with Crippen LogP contribution in [-0.4, -0.2) is 56.0 Å². The van der Waals surface area contributed by atoms with E-state index in [1.165, 1.54) is 46.8 Å². The first-order valence-electron chi connectivity index (χ1n) is 4.96. The third-order valence-electron chi connectivity index (χ3n) is 1.05. The Kier molecular flexibility index (Phi) is 30.1. The lowest BCUT2D eigenvalue weighted by Crippen LogP contribution is -2.01. The first kappa shape index (κ1) is 35.4. The van der Waals surface area contributed by atoms with Gasteiger partial charge in [0.25, 0.3) is 0 Å². The fraction of sp³-hybridized carbons (Fsp3) is 0.556. The number of nitrogens with one attached hydrogen (secondary N) is 2. The summed E-state index contributed by atoms with van der Waals surface area (Å²) in [4.78, 5) is 3.88. The van der Waals surface area contributed by atoms with E-state index in [4.69, 9.17) is 45.5 Å². The normalized spacial score (nSPS) is 8.36. The fourth-order valence-electron chi connectivity index (χ4n) is 0.304. The number of hydrogen-bond acceptors (Lipinski definition) is 11. The molecule has 1 aromatic rings. The van der Waals surface area contributed by atoms with Crippen LogP contribution >= 0.6 is 46.8 Å². The molecule has 0 fully saturated rings. The molecule has 0 unspecified atom stereocenters. The maximum Gasteiger partial charge on any atom is 0.394 e. The van der Waals surface area contributed by atoms with Crippen LogP contribution in [0.25, 0.3) is 0 Å². The number of nitrogens with two attached hydrogens (primary N) is 3. The van der Waals surface area contributed by atoms with Gasteiger partial charge in [0, 0.05) is 11.5 Å². The lowest BCUT2D eigenvalue weighted by molar-refractivity contribution is 0.381. The Hall–Kier alpha value is -0.780. The van der Waals surface area contributed by atoms with Crippen LogP contribution in [0, 0.1) is 10.8 Å². The summed E-state index contributed by atoms with van der Waals surface area (Å²) in [7, 11) is -4.67. The molecule has 0 aliphatic rings. The lowest BCUT2D eigenvalue weighted by Gasteiger charge is -1.78. The van der Waals surface area contributed by atoms with Gasteiger partial charge < -0.3 is 17.2 Å². The van der Waals surface area contributed by atoms with Crippen molar-refractivity contribution in [3.8, 4) is 0 Å². The van der Waals surface area contributed by atoms with Crippen LogP contribution in [0.3, 0.4) is 0 Å². The van der Waals surface area contributed by atoms with Crippen molar-refractivity contribution in [2.75, 3.05) is 24.5 Å². The van der Waals surface area contributed by atoms with Gasteiger partial charge in [-0.1, -0.05) is 50.1 Å². The summed E-state index contributed by atoms with van der Waals surface area (Å²) >= 11 is 5.20. The van der Waals surface area contributed by atoms with Gasteiger partial charge in [-0.2, -0.15) is 17.8 Å².